The maximum Gasteiger partial charge on any atom is 0.343 e. The molecule has 0 radical (unpaired) electrons. The number of aromatic nitrogens is 1. The van der Waals surface area contributed by atoms with Crippen molar-refractivity contribution in [2.75, 3.05) is 7.11 Å². The first kappa shape index (κ1) is 11.7. The van der Waals surface area contributed by atoms with Gasteiger partial charge in [0.1, 0.15) is 17.0 Å². The molecule has 0 unspecified atom stereocenters. The number of rotatable bonds is 2. The number of benzene rings is 1. The molecule has 0 aliphatic rings. The summed E-state index contributed by atoms with van der Waals surface area (Å²) in [6, 6.07) is 6.99. The number of hydrogen-bond donors (Lipinski definition) is 0. The van der Waals surface area contributed by atoms with Gasteiger partial charge in [-0.15, -0.1) is 0 Å². The third-order valence-corrected chi connectivity index (χ3v) is 2.62. The SMILES string of the molecule is COC(=O)c1c(-c2ccc(Cl)cc2)noc1C. The smallest absolute Gasteiger partial charge is 0.343 e. The number of aryl methyl sites for hydroxylation is 1. The van der Waals surface area contributed by atoms with Crippen LogP contribution in [0, 0.1) is 6.92 Å². The highest BCUT2D eigenvalue weighted by atomic mass is 35.5. The molecule has 0 atom stereocenters. The average molecular weight is 252 g/mol. The van der Waals surface area contributed by atoms with Crippen LogP contribution in [-0.4, -0.2) is 18.2 Å². The van der Waals surface area contributed by atoms with Gasteiger partial charge < -0.3 is 9.26 Å². The van der Waals surface area contributed by atoms with Crippen LogP contribution in [0.4, 0.5) is 0 Å². The fourth-order valence-electron chi connectivity index (χ4n) is 1.52. The van der Waals surface area contributed by atoms with Gasteiger partial charge in [0.05, 0.1) is 7.11 Å². The lowest BCUT2D eigenvalue weighted by atomic mass is 10.1. The molecular formula is C12H10ClNO3. The largest absolute Gasteiger partial charge is 0.465 e. The quantitative estimate of drug-likeness (QED) is 0.770. The van der Waals surface area contributed by atoms with Crippen molar-refractivity contribution in [3.05, 3.63) is 40.6 Å². The Hall–Kier alpha value is -1.81. The summed E-state index contributed by atoms with van der Waals surface area (Å²) >= 11 is 5.80. The van der Waals surface area contributed by atoms with E-state index in [2.05, 4.69) is 5.16 Å². The zero-order chi connectivity index (χ0) is 12.4. The molecule has 0 saturated heterocycles. The van der Waals surface area contributed by atoms with Crippen LogP contribution in [0.3, 0.4) is 0 Å². The van der Waals surface area contributed by atoms with Gasteiger partial charge in [0.2, 0.25) is 0 Å². The lowest BCUT2D eigenvalue weighted by Crippen LogP contribution is -2.03. The standard InChI is InChI=1S/C12H10ClNO3/c1-7-10(12(15)16-2)11(14-17-7)8-3-5-9(13)6-4-8/h3-6H,1-2H3. The van der Waals surface area contributed by atoms with Crippen molar-refractivity contribution in [3.63, 3.8) is 0 Å². The van der Waals surface area contributed by atoms with Crippen molar-refractivity contribution in [2.24, 2.45) is 0 Å². The molecule has 0 N–H and O–H groups in total. The number of halogens is 1. The normalized spacial score (nSPS) is 10.3. The molecule has 0 aliphatic heterocycles. The van der Waals surface area contributed by atoms with Crippen LogP contribution < -0.4 is 0 Å². The fraction of sp³-hybridized carbons (Fsp3) is 0.167. The summed E-state index contributed by atoms with van der Waals surface area (Å²) in [7, 11) is 1.32. The van der Waals surface area contributed by atoms with Crippen LogP contribution >= 0.6 is 11.6 Å². The molecule has 88 valence electrons. The summed E-state index contributed by atoms with van der Waals surface area (Å²) in [5.41, 5.74) is 1.56. The van der Waals surface area contributed by atoms with Crippen LogP contribution in [0.15, 0.2) is 28.8 Å². The predicted octanol–water partition coefficient (Wildman–Crippen LogP) is 3.09. The Morgan fingerprint density at radius 1 is 1.35 bits per heavy atom. The number of carbonyl (C=O) groups is 1. The Labute approximate surface area is 103 Å². The average Bonchev–Trinajstić information content (AvgIpc) is 2.71. The highest BCUT2D eigenvalue weighted by Gasteiger charge is 2.21. The molecule has 2 rings (SSSR count). The third-order valence-electron chi connectivity index (χ3n) is 2.37. The monoisotopic (exact) mass is 251 g/mol. The number of methoxy groups -OCH3 is 1. The highest BCUT2D eigenvalue weighted by molar-refractivity contribution is 6.30. The molecule has 17 heavy (non-hydrogen) atoms. The van der Waals surface area contributed by atoms with E-state index in [1.165, 1.54) is 7.11 Å². The van der Waals surface area contributed by atoms with Crippen molar-refractivity contribution >= 4 is 17.6 Å². The molecule has 0 spiro atoms. The van der Waals surface area contributed by atoms with Gasteiger partial charge in [-0.3, -0.25) is 0 Å². The Kier molecular flexibility index (Phi) is 3.15. The Bertz CT molecular complexity index is 545. The van der Waals surface area contributed by atoms with Gasteiger partial charge in [-0.05, 0) is 19.1 Å². The third kappa shape index (κ3) is 2.17. The van der Waals surface area contributed by atoms with Crippen LogP contribution in [0.5, 0.6) is 0 Å². The zero-order valence-electron chi connectivity index (χ0n) is 9.36. The summed E-state index contributed by atoms with van der Waals surface area (Å²) in [5.74, 6) is -0.0319. The second-order valence-corrected chi connectivity index (χ2v) is 3.90. The maximum absolute atomic E-state index is 11.6. The summed E-state index contributed by atoms with van der Waals surface area (Å²) < 4.78 is 9.72. The second kappa shape index (κ2) is 4.59. The lowest BCUT2D eigenvalue weighted by Gasteiger charge is -2.00. The molecule has 1 aromatic heterocycles. The first-order valence-corrected chi connectivity index (χ1v) is 5.32. The molecule has 0 aliphatic carbocycles. The predicted molar refractivity (Wildman–Crippen MR) is 63.0 cm³/mol. The number of nitrogens with zero attached hydrogens (tertiary/aromatic N) is 1. The molecular weight excluding hydrogens is 242 g/mol. The van der Waals surface area contributed by atoms with Crippen molar-refractivity contribution in [2.45, 2.75) is 6.92 Å². The molecule has 4 nitrogen and oxygen atoms in total. The first-order valence-electron chi connectivity index (χ1n) is 4.94. The molecule has 0 saturated carbocycles. The van der Waals surface area contributed by atoms with E-state index in [1.807, 2.05) is 0 Å². The van der Waals surface area contributed by atoms with Gasteiger partial charge >= 0.3 is 5.97 Å². The lowest BCUT2D eigenvalue weighted by molar-refractivity contribution is 0.0599. The van der Waals surface area contributed by atoms with Gasteiger partial charge in [-0.2, -0.15) is 0 Å². The van der Waals surface area contributed by atoms with Crippen molar-refractivity contribution in [1.29, 1.82) is 0 Å². The number of carbonyl (C=O) groups excluding carboxylic acids is 1. The first-order chi connectivity index (χ1) is 8.13. The van der Waals surface area contributed by atoms with Gasteiger partial charge in [-0.1, -0.05) is 28.9 Å². The van der Waals surface area contributed by atoms with E-state index in [0.29, 0.717) is 22.0 Å². The van der Waals surface area contributed by atoms with Crippen molar-refractivity contribution in [3.8, 4) is 11.3 Å². The summed E-state index contributed by atoms with van der Waals surface area (Å²) in [4.78, 5) is 11.6. The molecule has 5 heteroatoms. The van der Waals surface area contributed by atoms with E-state index in [9.17, 15) is 4.79 Å². The van der Waals surface area contributed by atoms with Crippen LogP contribution in [0.25, 0.3) is 11.3 Å². The Morgan fingerprint density at radius 3 is 2.59 bits per heavy atom. The molecule has 0 amide bonds. The highest BCUT2D eigenvalue weighted by Crippen LogP contribution is 2.26. The maximum atomic E-state index is 11.6. The number of hydrogen-bond acceptors (Lipinski definition) is 4. The van der Waals surface area contributed by atoms with Gasteiger partial charge in [-0.25, -0.2) is 4.79 Å². The van der Waals surface area contributed by atoms with Crippen molar-refractivity contribution < 1.29 is 14.1 Å². The molecule has 0 fully saturated rings. The van der Waals surface area contributed by atoms with Crippen molar-refractivity contribution in [1.82, 2.24) is 5.16 Å². The van der Waals surface area contributed by atoms with E-state index in [0.717, 1.165) is 5.56 Å². The van der Waals surface area contributed by atoms with Crippen LogP contribution in [0.2, 0.25) is 5.02 Å². The minimum absolute atomic E-state index is 0.342. The Morgan fingerprint density at radius 2 is 2.00 bits per heavy atom. The number of esters is 1. The Balaban J connectivity index is 2.52. The molecule has 1 heterocycles. The van der Waals surface area contributed by atoms with E-state index >= 15 is 0 Å². The zero-order valence-corrected chi connectivity index (χ0v) is 10.1. The summed E-state index contributed by atoms with van der Waals surface area (Å²) in [6.07, 6.45) is 0. The van der Waals surface area contributed by atoms with Gasteiger partial charge in [0.15, 0.2) is 0 Å². The van der Waals surface area contributed by atoms with E-state index in [1.54, 1.807) is 31.2 Å². The summed E-state index contributed by atoms with van der Waals surface area (Å²) in [5, 5.41) is 4.48. The molecule has 2 aromatic rings. The van der Waals surface area contributed by atoms with Crippen LogP contribution in [-0.2, 0) is 4.74 Å². The molecule has 1 aromatic carbocycles. The number of ether oxygens (including phenoxy) is 1. The van der Waals surface area contributed by atoms with Gasteiger partial charge in [0.25, 0.3) is 0 Å². The van der Waals surface area contributed by atoms with Crippen LogP contribution in [0.1, 0.15) is 16.1 Å². The van der Waals surface area contributed by atoms with E-state index in [4.69, 9.17) is 20.9 Å². The van der Waals surface area contributed by atoms with E-state index < -0.39 is 5.97 Å². The van der Waals surface area contributed by atoms with Gasteiger partial charge in [0, 0.05) is 10.6 Å². The summed E-state index contributed by atoms with van der Waals surface area (Å²) in [6.45, 7) is 1.67. The fourth-order valence-corrected chi connectivity index (χ4v) is 1.65. The minimum Gasteiger partial charge on any atom is -0.465 e. The topological polar surface area (TPSA) is 52.3 Å². The molecule has 0 bridgehead atoms. The second-order valence-electron chi connectivity index (χ2n) is 3.46. The van der Waals surface area contributed by atoms with E-state index in [-0.39, 0.29) is 0 Å². The minimum atomic E-state index is -0.464.